The van der Waals surface area contributed by atoms with Gasteiger partial charge < -0.3 is 9.84 Å². The molecule has 0 amide bonds. The van der Waals surface area contributed by atoms with Gasteiger partial charge in [0.1, 0.15) is 5.75 Å². The summed E-state index contributed by atoms with van der Waals surface area (Å²) < 4.78 is 5.20. The van der Waals surface area contributed by atoms with Crippen LogP contribution in [0.25, 0.3) is 11.1 Å². The van der Waals surface area contributed by atoms with Crippen LogP contribution in [0.1, 0.15) is 21.6 Å². The summed E-state index contributed by atoms with van der Waals surface area (Å²) in [6.45, 7) is 3.68. The Morgan fingerprint density at radius 1 is 1.21 bits per heavy atom. The molecule has 0 saturated carbocycles. The molecule has 0 saturated heterocycles. The summed E-state index contributed by atoms with van der Waals surface area (Å²) in [5.74, 6) is -0.480. The fourth-order valence-electron chi connectivity index (χ4n) is 2.06. The number of aromatic nitrogens is 2. The summed E-state index contributed by atoms with van der Waals surface area (Å²) in [6.07, 6.45) is 0. The van der Waals surface area contributed by atoms with Gasteiger partial charge in [-0.25, -0.2) is 4.79 Å². The summed E-state index contributed by atoms with van der Waals surface area (Å²) in [4.78, 5) is 22.9. The van der Waals surface area contributed by atoms with Crippen molar-refractivity contribution in [3.8, 4) is 16.9 Å². The lowest BCUT2D eigenvalue weighted by atomic mass is 9.96. The number of H-pyrrole nitrogens is 2. The molecule has 2 aromatic rings. The van der Waals surface area contributed by atoms with Gasteiger partial charge in [0.15, 0.2) is 5.69 Å². The fourth-order valence-corrected chi connectivity index (χ4v) is 2.06. The van der Waals surface area contributed by atoms with E-state index in [0.29, 0.717) is 11.3 Å². The molecule has 0 aliphatic carbocycles. The zero-order valence-corrected chi connectivity index (χ0v) is 10.8. The zero-order chi connectivity index (χ0) is 14.2. The van der Waals surface area contributed by atoms with E-state index >= 15 is 0 Å². The molecule has 0 fully saturated rings. The molecule has 100 valence electrons. The van der Waals surface area contributed by atoms with Gasteiger partial charge in [-0.1, -0.05) is 6.07 Å². The van der Waals surface area contributed by atoms with Crippen LogP contribution in [0.4, 0.5) is 0 Å². The highest BCUT2D eigenvalue weighted by Gasteiger charge is 2.20. The van der Waals surface area contributed by atoms with Crippen molar-refractivity contribution in [1.29, 1.82) is 0 Å². The van der Waals surface area contributed by atoms with E-state index in [1.54, 1.807) is 19.2 Å². The van der Waals surface area contributed by atoms with Crippen LogP contribution in [0.2, 0.25) is 0 Å². The van der Waals surface area contributed by atoms with Gasteiger partial charge in [0.2, 0.25) is 0 Å². The van der Waals surface area contributed by atoms with Crippen LogP contribution in [0.5, 0.6) is 5.75 Å². The van der Waals surface area contributed by atoms with E-state index in [1.807, 2.05) is 13.8 Å². The SMILES string of the molecule is COc1ccc(-c2c(C(=O)O)[nH][nH]c2=O)c(C)c1C. The Hall–Kier alpha value is -2.50. The summed E-state index contributed by atoms with van der Waals surface area (Å²) in [5, 5.41) is 13.8. The highest BCUT2D eigenvalue weighted by molar-refractivity contribution is 5.94. The topological polar surface area (TPSA) is 95.2 Å². The number of carbonyl (C=O) groups is 1. The fraction of sp³-hybridized carbons (Fsp3) is 0.231. The lowest BCUT2D eigenvalue weighted by Gasteiger charge is -2.11. The van der Waals surface area contributed by atoms with Crippen LogP contribution in [-0.2, 0) is 0 Å². The Kier molecular flexibility index (Phi) is 3.16. The number of hydrogen-bond donors (Lipinski definition) is 3. The Morgan fingerprint density at radius 3 is 2.47 bits per heavy atom. The summed E-state index contributed by atoms with van der Waals surface area (Å²) in [5.41, 5.74) is 1.81. The number of ether oxygens (including phenoxy) is 1. The molecular weight excluding hydrogens is 248 g/mol. The molecule has 19 heavy (non-hydrogen) atoms. The van der Waals surface area contributed by atoms with Crippen molar-refractivity contribution in [2.24, 2.45) is 0 Å². The monoisotopic (exact) mass is 262 g/mol. The molecule has 0 atom stereocenters. The number of carboxylic acid groups (broad SMARTS) is 1. The third-order valence-corrected chi connectivity index (χ3v) is 3.22. The van der Waals surface area contributed by atoms with Crippen LogP contribution >= 0.6 is 0 Å². The maximum atomic E-state index is 11.8. The number of hydrogen-bond acceptors (Lipinski definition) is 3. The number of carboxylic acids is 1. The van der Waals surface area contributed by atoms with Crippen molar-refractivity contribution in [1.82, 2.24) is 10.2 Å². The van der Waals surface area contributed by atoms with Gasteiger partial charge in [0.25, 0.3) is 5.56 Å². The molecular formula is C13H14N2O4. The predicted octanol–water partition coefficient (Wildman–Crippen LogP) is 1.69. The second-order valence-corrected chi connectivity index (χ2v) is 4.20. The first-order valence-corrected chi connectivity index (χ1v) is 5.65. The van der Waals surface area contributed by atoms with E-state index in [9.17, 15) is 9.59 Å². The molecule has 0 aliphatic heterocycles. The maximum Gasteiger partial charge on any atom is 0.354 e. The lowest BCUT2D eigenvalue weighted by molar-refractivity contribution is 0.0691. The molecule has 1 aromatic heterocycles. The number of methoxy groups -OCH3 is 1. The van der Waals surface area contributed by atoms with Crippen molar-refractivity contribution < 1.29 is 14.6 Å². The predicted molar refractivity (Wildman–Crippen MR) is 69.8 cm³/mol. The van der Waals surface area contributed by atoms with Gasteiger partial charge in [-0.15, -0.1) is 0 Å². The zero-order valence-electron chi connectivity index (χ0n) is 10.8. The van der Waals surface area contributed by atoms with Gasteiger partial charge in [0.05, 0.1) is 12.7 Å². The molecule has 0 bridgehead atoms. The van der Waals surface area contributed by atoms with Crippen LogP contribution in [0.3, 0.4) is 0 Å². The van der Waals surface area contributed by atoms with Crippen molar-refractivity contribution in [2.45, 2.75) is 13.8 Å². The van der Waals surface area contributed by atoms with Gasteiger partial charge in [-0.3, -0.25) is 15.0 Å². The minimum absolute atomic E-state index is 0.135. The Labute approximate surface area is 109 Å². The summed E-state index contributed by atoms with van der Waals surface area (Å²) >= 11 is 0. The van der Waals surface area contributed by atoms with E-state index < -0.39 is 11.5 Å². The molecule has 1 heterocycles. The normalized spacial score (nSPS) is 10.5. The number of aromatic carboxylic acids is 1. The minimum Gasteiger partial charge on any atom is -0.496 e. The highest BCUT2D eigenvalue weighted by atomic mass is 16.5. The third kappa shape index (κ3) is 2.01. The maximum absolute atomic E-state index is 11.8. The van der Waals surface area contributed by atoms with Crippen LogP contribution < -0.4 is 10.3 Å². The third-order valence-electron chi connectivity index (χ3n) is 3.22. The van der Waals surface area contributed by atoms with E-state index in [1.165, 1.54) is 0 Å². The Bertz CT molecular complexity index is 697. The first-order chi connectivity index (χ1) is 8.97. The van der Waals surface area contributed by atoms with Crippen LogP contribution in [-0.4, -0.2) is 28.4 Å². The minimum atomic E-state index is -1.18. The summed E-state index contributed by atoms with van der Waals surface area (Å²) in [6, 6.07) is 3.40. The average Bonchev–Trinajstić information content (AvgIpc) is 2.75. The van der Waals surface area contributed by atoms with Gasteiger partial charge >= 0.3 is 5.97 Å². The molecule has 6 nitrogen and oxygen atoms in total. The molecule has 3 N–H and O–H groups in total. The van der Waals surface area contributed by atoms with E-state index in [-0.39, 0.29) is 11.3 Å². The van der Waals surface area contributed by atoms with Gasteiger partial charge in [0, 0.05) is 0 Å². The average molecular weight is 262 g/mol. The quantitative estimate of drug-likeness (QED) is 0.784. The molecule has 0 radical (unpaired) electrons. The molecule has 0 spiro atoms. The molecule has 0 aliphatic rings. The smallest absolute Gasteiger partial charge is 0.354 e. The van der Waals surface area contributed by atoms with Gasteiger partial charge in [-0.2, -0.15) is 0 Å². The number of nitrogens with one attached hydrogen (secondary N) is 2. The molecule has 1 aromatic carbocycles. The standard InChI is InChI=1S/C13H14N2O4/c1-6-7(2)9(19-3)5-4-8(6)10-11(13(17)18)14-15-12(10)16/h4-5H,1-3H3,(H,17,18)(H2,14,15,16). The second kappa shape index (κ2) is 4.64. The largest absolute Gasteiger partial charge is 0.496 e. The van der Waals surface area contributed by atoms with E-state index in [2.05, 4.69) is 10.2 Å². The Balaban J connectivity index is 2.73. The lowest BCUT2D eigenvalue weighted by Crippen LogP contribution is -2.07. The number of aromatic amines is 2. The van der Waals surface area contributed by atoms with Crippen molar-refractivity contribution in [3.63, 3.8) is 0 Å². The highest BCUT2D eigenvalue weighted by Crippen LogP contribution is 2.30. The first-order valence-electron chi connectivity index (χ1n) is 5.65. The first kappa shape index (κ1) is 12.9. The Morgan fingerprint density at radius 2 is 1.89 bits per heavy atom. The van der Waals surface area contributed by atoms with E-state index in [0.717, 1.165) is 11.1 Å². The molecule has 6 heteroatoms. The number of benzene rings is 1. The second-order valence-electron chi connectivity index (χ2n) is 4.20. The molecule has 2 rings (SSSR count). The van der Waals surface area contributed by atoms with Crippen molar-refractivity contribution in [3.05, 3.63) is 39.3 Å². The van der Waals surface area contributed by atoms with Crippen LogP contribution in [0.15, 0.2) is 16.9 Å². The van der Waals surface area contributed by atoms with Crippen molar-refractivity contribution >= 4 is 5.97 Å². The van der Waals surface area contributed by atoms with Crippen LogP contribution in [0, 0.1) is 13.8 Å². The summed E-state index contributed by atoms with van der Waals surface area (Å²) in [7, 11) is 1.56. The molecule has 0 unspecified atom stereocenters. The van der Waals surface area contributed by atoms with Crippen molar-refractivity contribution in [2.75, 3.05) is 7.11 Å². The number of rotatable bonds is 3. The van der Waals surface area contributed by atoms with Gasteiger partial charge in [-0.05, 0) is 36.6 Å². The van der Waals surface area contributed by atoms with E-state index in [4.69, 9.17) is 9.84 Å².